The van der Waals surface area contributed by atoms with E-state index in [9.17, 15) is 4.79 Å². The number of hydrogen-bond donors (Lipinski definition) is 3. The Morgan fingerprint density at radius 1 is 1.11 bits per heavy atom. The van der Waals surface area contributed by atoms with E-state index in [0.717, 1.165) is 22.0 Å². The van der Waals surface area contributed by atoms with Crippen LogP contribution in [0.4, 0.5) is 0 Å². The first kappa shape index (κ1) is 17.3. The summed E-state index contributed by atoms with van der Waals surface area (Å²) in [6, 6.07) is 14.6. The summed E-state index contributed by atoms with van der Waals surface area (Å²) in [5.74, 6) is -0.398. The number of hydrazone groups is 1. The van der Waals surface area contributed by atoms with Crippen LogP contribution < -0.4 is 5.43 Å². The van der Waals surface area contributed by atoms with Crippen LogP contribution in [0.2, 0.25) is 10.0 Å². The van der Waals surface area contributed by atoms with Crippen LogP contribution in [0.1, 0.15) is 16.1 Å². The van der Waals surface area contributed by atoms with Crippen molar-refractivity contribution in [2.24, 2.45) is 5.10 Å². The Bertz CT molecular complexity index is 1160. The van der Waals surface area contributed by atoms with Crippen molar-refractivity contribution in [2.45, 2.75) is 0 Å². The summed E-state index contributed by atoms with van der Waals surface area (Å²) < 4.78 is 0. The summed E-state index contributed by atoms with van der Waals surface area (Å²) >= 11 is 11.9. The normalized spacial score (nSPS) is 11.3. The van der Waals surface area contributed by atoms with E-state index in [-0.39, 0.29) is 5.69 Å². The third-order valence-corrected chi connectivity index (χ3v) is 4.77. The van der Waals surface area contributed by atoms with E-state index in [2.05, 4.69) is 25.7 Å². The lowest BCUT2D eigenvalue weighted by atomic mass is 10.1. The van der Waals surface area contributed by atoms with Crippen LogP contribution in [0.3, 0.4) is 0 Å². The second-order valence-corrected chi connectivity index (χ2v) is 6.60. The van der Waals surface area contributed by atoms with Gasteiger partial charge in [-0.05, 0) is 24.3 Å². The Hall–Kier alpha value is -3.09. The average Bonchev–Trinajstić information content (AvgIpc) is 3.32. The molecule has 0 aliphatic heterocycles. The van der Waals surface area contributed by atoms with Crippen molar-refractivity contribution in [3.63, 3.8) is 0 Å². The maximum absolute atomic E-state index is 12.3. The fraction of sp³-hybridized carbons (Fsp3) is 0. The number of H-pyrrole nitrogens is 2. The first-order valence-corrected chi connectivity index (χ1v) is 8.78. The van der Waals surface area contributed by atoms with Gasteiger partial charge in [0, 0.05) is 28.2 Å². The molecule has 0 spiro atoms. The number of hydrogen-bond acceptors (Lipinski definition) is 3. The van der Waals surface area contributed by atoms with E-state index in [1.165, 1.54) is 0 Å². The number of carbonyl (C=O) groups is 1. The van der Waals surface area contributed by atoms with E-state index < -0.39 is 5.91 Å². The smallest absolute Gasteiger partial charge is 0.289 e. The largest absolute Gasteiger partial charge is 0.361 e. The SMILES string of the molecule is O=C(NN=Cc1c[nH]c2ccccc12)c1cc(-c2ccc(Cl)c(Cl)c2)n[nH]1. The molecule has 27 heavy (non-hydrogen) atoms. The number of halogens is 2. The highest BCUT2D eigenvalue weighted by atomic mass is 35.5. The van der Waals surface area contributed by atoms with Crippen LogP contribution in [0.5, 0.6) is 0 Å². The molecule has 8 heteroatoms. The quantitative estimate of drug-likeness (QED) is 0.346. The Morgan fingerprint density at radius 2 is 1.96 bits per heavy atom. The Labute approximate surface area is 164 Å². The highest BCUT2D eigenvalue weighted by Crippen LogP contribution is 2.27. The monoisotopic (exact) mass is 397 g/mol. The third kappa shape index (κ3) is 3.58. The summed E-state index contributed by atoms with van der Waals surface area (Å²) in [5.41, 5.74) is 5.99. The number of aromatic nitrogens is 3. The molecule has 0 fully saturated rings. The first-order valence-electron chi connectivity index (χ1n) is 8.02. The number of fused-ring (bicyclic) bond motifs is 1. The number of rotatable bonds is 4. The molecule has 0 saturated heterocycles. The number of nitrogens with one attached hydrogen (secondary N) is 3. The van der Waals surface area contributed by atoms with Gasteiger partial charge >= 0.3 is 0 Å². The number of para-hydroxylation sites is 1. The molecule has 0 aliphatic rings. The lowest BCUT2D eigenvalue weighted by molar-refractivity contribution is 0.0950. The number of carbonyl (C=O) groups excluding carboxylic acids is 1. The van der Waals surface area contributed by atoms with Crippen LogP contribution in [-0.2, 0) is 0 Å². The molecule has 1 amide bonds. The molecule has 0 saturated carbocycles. The third-order valence-electron chi connectivity index (χ3n) is 4.03. The molecule has 0 radical (unpaired) electrons. The minimum atomic E-state index is -0.398. The number of aromatic amines is 2. The highest BCUT2D eigenvalue weighted by molar-refractivity contribution is 6.42. The Kier molecular flexibility index (Phi) is 4.66. The molecule has 4 rings (SSSR count). The highest BCUT2D eigenvalue weighted by Gasteiger charge is 2.11. The summed E-state index contributed by atoms with van der Waals surface area (Å²) in [6.07, 6.45) is 3.42. The van der Waals surface area contributed by atoms with Crippen LogP contribution in [0, 0.1) is 0 Å². The summed E-state index contributed by atoms with van der Waals surface area (Å²) in [6.45, 7) is 0. The number of benzene rings is 2. The molecule has 0 atom stereocenters. The van der Waals surface area contributed by atoms with Gasteiger partial charge in [0.2, 0.25) is 0 Å². The number of nitrogens with zero attached hydrogens (tertiary/aromatic N) is 2. The molecule has 2 aromatic heterocycles. The van der Waals surface area contributed by atoms with Gasteiger partial charge in [-0.25, -0.2) is 5.43 Å². The van der Waals surface area contributed by atoms with Gasteiger partial charge in [0.1, 0.15) is 5.69 Å². The summed E-state index contributed by atoms with van der Waals surface area (Å²) in [4.78, 5) is 15.4. The van der Waals surface area contributed by atoms with Crippen molar-refractivity contribution in [3.05, 3.63) is 76.0 Å². The van der Waals surface area contributed by atoms with E-state index in [1.807, 2.05) is 30.5 Å². The van der Waals surface area contributed by atoms with Crippen molar-refractivity contribution in [1.82, 2.24) is 20.6 Å². The topological polar surface area (TPSA) is 85.9 Å². The standard InChI is InChI=1S/C19H13Cl2N5O/c20-14-6-5-11(7-15(14)21)17-8-18(25-24-17)19(27)26-23-10-12-9-22-16-4-2-1-3-13(12)16/h1-10,22H,(H,24,25)(H,26,27). The second kappa shape index (κ2) is 7.26. The zero-order valence-electron chi connectivity index (χ0n) is 13.8. The summed E-state index contributed by atoms with van der Waals surface area (Å²) in [7, 11) is 0. The van der Waals surface area contributed by atoms with E-state index in [1.54, 1.807) is 30.5 Å². The fourth-order valence-corrected chi connectivity index (χ4v) is 2.96. The van der Waals surface area contributed by atoms with Crippen molar-refractivity contribution in [1.29, 1.82) is 0 Å². The van der Waals surface area contributed by atoms with Crippen molar-refractivity contribution >= 4 is 46.2 Å². The molecular weight excluding hydrogens is 385 g/mol. The van der Waals surface area contributed by atoms with Crippen LogP contribution in [-0.4, -0.2) is 27.3 Å². The van der Waals surface area contributed by atoms with Gasteiger partial charge in [-0.15, -0.1) is 0 Å². The average molecular weight is 398 g/mol. The molecule has 3 N–H and O–H groups in total. The summed E-state index contributed by atoms with van der Waals surface area (Å²) in [5, 5.41) is 12.8. The molecule has 0 bridgehead atoms. The molecule has 4 aromatic rings. The molecule has 2 aromatic carbocycles. The predicted octanol–water partition coefficient (Wildman–Crippen LogP) is 4.63. The van der Waals surface area contributed by atoms with Gasteiger partial charge in [-0.2, -0.15) is 10.2 Å². The Morgan fingerprint density at radius 3 is 2.81 bits per heavy atom. The maximum Gasteiger partial charge on any atom is 0.289 e. The van der Waals surface area contributed by atoms with Gasteiger partial charge in [-0.3, -0.25) is 9.89 Å². The van der Waals surface area contributed by atoms with Gasteiger partial charge in [-0.1, -0.05) is 47.5 Å². The predicted molar refractivity (Wildman–Crippen MR) is 107 cm³/mol. The minimum absolute atomic E-state index is 0.284. The van der Waals surface area contributed by atoms with Gasteiger partial charge in [0.15, 0.2) is 0 Å². The van der Waals surface area contributed by atoms with E-state index in [4.69, 9.17) is 23.2 Å². The van der Waals surface area contributed by atoms with E-state index in [0.29, 0.717) is 15.7 Å². The van der Waals surface area contributed by atoms with Crippen molar-refractivity contribution < 1.29 is 4.79 Å². The molecule has 0 aliphatic carbocycles. The molecular formula is C19H13Cl2N5O. The maximum atomic E-state index is 12.3. The minimum Gasteiger partial charge on any atom is -0.361 e. The number of amides is 1. The lowest BCUT2D eigenvalue weighted by Gasteiger charge is -1.98. The van der Waals surface area contributed by atoms with Crippen molar-refractivity contribution in [3.8, 4) is 11.3 Å². The van der Waals surface area contributed by atoms with Crippen LogP contribution >= 0.6 is 23.2 Å². The van der Waals surface area contributed by atoms with Crippen LogP contribution in [0.15, 0.2) is 59.8 Å². The molecule has 134 valence electrons. The Balaban J connectivity index is 1.47. The zero-order valence-corrected chi connectivity index (χ0v) is 15.3. The molecule has 0 unspecified atom stereocenters. The second-order valence-electron chi connectivity index (χ2n) is 5.78. The fourth-order valence-electron chi connectivity index (χ4n) is 2.66. The van der Waals surface area contributed by atoms with Gasteiger partial charge in [0.25, 0.3) is 5.91 Å². The van der Waals surface area contributed by atoms with Gasteiger partial charge < -0.3 is 4.98 Å². The molecule has 6 nitrogen and oxygen atoms in total. The van der Waals surface area contributed by atoms with E-state index >= 15 is 0 Å². The lowest BCUT2D eigenvalue weighted by Crippen LogP contribution is -2.17. The van der Waals surface area contributed by atoms with Gasteiger partial charge in [0.05, 0.1) is 22.0 Å². The van der Waals surface area contributed by atoms with Crippen molar-refractivity contribution in [2.75, 3.05) is 0 Å². The molecule has 2 heterocycles. The van der Waals surface area contributed by atoms with Crippen LogP contribution in [0.25, 0.3) is 22.2 Å². The zero-order chi connectivity index (χ0) is 18.8. The first-order chi connectivity index (χ1) is 13.1.